The van der Waals surface area contributed by atoms with Crippen molar-refractivity contribution in [3.8, 4) is 0 Å². The van der Waals surface area contributed by atoms with Crippen LogP contribution in [0.3, 0.4) is 0 Å². The number of aromatic nitrogens is 4. The average Bonchev–Trinajstić information content (AvgIpc) is 3.24. The Hall–Kier alpha value is -2.64. The summed E-state index contributed by atoms with van der Waals surface area (Å²) in [5.74, 6) is -0.746. The van der Waals surface area contributed by atoms with Crippen LogP contribution in [0.5, 0.6) is 0 Å². The summed E-state index contributed by atoms with van der Waals surface area (Å²) in [7, 11) is 0. The number of carboxylic acid groups (broad SMARTS) is 1. The Morgan fingerprint density at radius 2 is 2.04 bits per heavy atom. The van der Waals surface area contributed by atoms with Crippen LogP contribution in [0.25, 0.3) is 0 Å². The molecule has 8 heteroatoms. The first-order chi connectivity index (χ1) is 11.5. The molecule has 0 radical (unpaired) electrons. The van der Waals surface area contributed by atoms with Gasteiger partial charge in [0, 0.05) is 25.0 Å². The monoisotopic (exact) mass is 331 g/mol. The molecule has 1 fully saturated rings. The van der Waals surface area contributed by atoms with Crippen molar-refractivity contribution in [3.63, 3.8) is 0 Å². The SMILES string of the molecule is CC(C)c1cc(C(=O)N2CCC(n3cc(C(=O)O)cn3)CC2)n[nH]1. The second kappa shape index (κ2) is 6.46. The van der Waals surface area contributed by atoms with Gasteiger partial charge in [-0.25, -0.2) is 4.79 Å². The van der Waals surface area contributed by atoms with Gasteiger partial charge in [-0.15, -0.1) is 0 Å². The lowest BCUT2D eigenvalue weighted by Crippen LogP contribution is -2.39. The highest BCUT2D eigenvalue weighted by atomic mass is 16.4. The highest BCUT2D eigenvalue weighted by molar-refractivity contribution is 5.92. The molecule has 1 aliphatic heterocycles. The molecule has 3 heterocycles. The number of rotatable bonds is 4. The summed E-state index contributed by atoms with van der Waals surface area (Å²) in [4.78, 5) is 25.2. The van der Waals surface area contributed by atoms with E-state index in [0.717, 1.165) is 18.5 Å². The molecule has 2 aromatic heterocycles. The molecule has 1 aliphatic rings. The van der Waals surface area contributed by atoms with Crippen LogP contribution in [-0.2, 0) is 0 Å². The lowest BCUT2D eigenvalue weighted by Gasteiger charge is -2.31. The van der Waals surface area contributed by atoms with Crippen molar-refractivity contribution in [2.75, 3.05) is 13.1 Å². The predicted molar refractivity (Wildman–Crippen MR) is 86.0 cm³/mol. The summed E-state index contributed by atoms with van der Waals surface area (Å²) < 4.78 is 1.69. The van der Waals surface area contributed by atoms with Crippen molar-refractivity contribution < 1.29 is 14.7 Å². The number of aromatic carboxylic acids is 1. The van der Waals surface area contributed by atoms with Gasteiger partial charge < -0.3 is 10.0 Å². The molecule has 2 N–H and O–H groups in total. The largest absolute Gasteiger partial charge is 0.478 e. The molecule has 0 atom stereocenters. The van der Waals surface area contributed by atoms with E-state index in [1.807, 2.05) is 19.9 Å². The van der Waals surface area contributed by atoms with Crippen LogP contribution in [0.4, 0.5) is 0 Å². The van der Waals surface area contributed by atoms with Gasteiger partial charge in [-0.1, -0.05) is 13.8 Å². The molecule has 0 aliphatic carbocycles. The van der Waals surface area contributed by atoms with Crippen LogP contribution < -0.4 is 0 Å². The van der Waals surface area contributed by atoms with E-state index in [2.05, 4.69) is 15.3 Å². The molecule has 2 aromatic rings. The van der Waals surface area contributed by atoms with Crippen molar-refractivity contribution in [1.29, 1.82) is 0 Å². The number of hydrogen-bond acceptors (Lipinski definition) is 4. The molecule has 0 unspecified atom stereocenters. The lowest BCUT2D eigenvalue weighted by atomic mass is 10.0. The first-order valence-electron chi connectivity index (χ1n) is 8.07. The summed E-state index contributed by atoms with van der Waals surface area (Å²) in [6.07, 6.45) is 4.39. The van der Waals surface area contributed by atoms with E-state index in [1.54, 1.807) is 15.8 Å². The molecule has 0 bridgehead atoms. The number of nitrogens with one attached hydrogen (secondary N) is 1. The Kier molecular flexibility index (Phi) is 4.37. The minimum Gasteiger partial charge on any atom is -0.478 e. The number of piperidine rings is 1. The molecule has 0 aromatic carbocycles. The maximum atomic E-state index is 12.5. The Morgan fingerprint density at radius 3 is 2.58 bits per heavy atom. The van der Waals surface area contributed by atoms with E-state index < -0.39 is 5.97 Å². The van der Waals surface area contributed by atoms with E-state index in [0.29, 0.717) is 24.7 Å². The Balaban J connectivity index is 1.61. The number of aromatic amines is 1. The van der Waals surface area contributed by atoms with Gasteiger partial charge >= 0.3 is 5.97 Å². The summed E-state index contributed by atoms with van der Waals surface area (Å²) in [6, 6.07) is 1.93. The molecule has 3 rings (SSSR count). The van der Waals surface area contributed by atoms with Crippen LogP contribution in [0.15, 0.2) is 18.5 Å². The Morgan fingerprint density at radius 1 is 1.33 bits per heavy atom. The predicted octanol–water partition coefficient (Wildman–Crippen LogP) is 1.91. The van der Waals surface area contributed by atoms with Crippen molar-refractivity contribution >= 4 is 11.9 Å². The van der Waals surface area contributed by atoms with Gasteiger partial charge in [0.2, 0.25) is 0 Å². The van der Waals surface area contributed by atoms with E-state index in [4.69, 9.17) is 5.11 Å². The molecule has 1 amide bonds. The third kappa shape index (κ3) is 3.17. The molecule has 1 saturated heterocycles. The van der Waals surface area contributed by atoms with Crippen LogP contribution in [0, 0.1) is 0 Å². The van der Waals surface area contributed by atoms with Gasteiger partial charge in [0.25, 0.3) is 5.91 Å². The maximum Gasteiger partial charge on any atom is 0.338 e. The van der Waals surface area contributed by atoms with Crippen molar-refractivity contribution in [1.82, 2.24) is 24.9 Å². The number of likely N-dealkylation sites (tertiary alicyclic amines) is 1. The standard InChI is InChI=1S/C16H21N5O3/c1-10(2)13-7-14(19-18-13)15(22)20-5-3-12(4-6-20)21-9-11(8-17-21)16(23)24/h7-10,12H,3-6H2,1-2H3,(H,18,19)(H,23,24). The average molecular weight is 331 g/mol. The molecule has 8 nitrogen and oxygen atoms in total. The van der Waals surface area contributed by atoms with Gasteiger partial charge in [0.1, 0.15) is 5.69 Å². The fourth-order valence-corrected chi connectivity index (χ4v) is 2.89. The highest BCUT2D eigenvalue weighted by Gasteiger charge is 2.26. The van der Waals surface area contributed by atoms with E-state index in [1.165, 1.54) is 6.20 Å². The number of hydrogen-bond donors (Lipinski definition) is 2. The van der Waals surface area contributed by atoms with Gasteiger partial charge in [-0.2, -0.15) is 10.2 Å². The Bertz CT molecular complexity index is 740. The van der Waals surface area contributed by atoms with Crippen LogP contribution in [0.1, 0.15) is 65.2 Å². The van der Waals surface area contributed by atoms with E-state index in [-0.39, 0.29) is 17.5 Å². The molecule has 128 valence electrons. The van der Waals surface area contributed by atoms with Gasteiger partial charge in [-0.05, 0) is 24.8 Å². The van der Waals surface area contributed by atoms with Crippen LogP contribution in [-0.4, -0.2) is 55.0 Å². The second-order valence-electron chi connectivity index (χ2n) is 6.40. The minimum absolute atomic E-state index is 0.0664. The summed E-state index contributed by atoms with van der Waals surface area (Å²) in [5, 5.41) is 20.1. The van der Waals surface area contributed by atoms with E-state index >= 15 is 0 Å². The highest BCUT2D eigenvalue weighted by Crippen LogP contribution is 2.23. The molecule has 24 heavy (non-hydrogen) atoms. The van der Waals surface area contributed by atoms with Gasteiger partial charge in [-0.3, -0.25) is 14.6 Å². The zero-order valence-corrected chi connectivity index (χ0v) is 13.8. The number of carboxylic acids is 1. The first kappa shape index (κ1) is 16.2. The molecular formula is C16H21N5O3. The number of H-pyrrole nitrogens is 1. The topological polar surface area (TPSA) is 104 Å². The smallest absolute Gasteiger partial charge is 0.338 e. The third-order valence-electron chi connectivity index (χ3n) is 4.41. The number of carbonyl (C=O) groups excluding carboxylic acids is 1. The third-order valence-corrected chi connectivity index (χ3v) is 4.41. The zero-order valence-electron chi connectivity index (χ0n) is 13.8. The van der Waals surface area contributed by atoms with E-state index in [9.17, 15) is 9.59 Å². The summed E-state index contributed by atoms with van der Waals surface area (Å²) >= 11 is 0. The minimum atomic E-state index is -0.978. The summed E-state index contributed by atoms with van der Waals surface area (Å²) in [5.41, 5.74) is 1.58. The fraction of sp³-hybridized carbons (Fsp3) is 0.500. The number of amides is 1. The zero-order chi connectivity index (χ0) is 17.3. The maximum absolute atomic E-state index is 12.5. The van der Waals surface area contributed by atoms with Crippen molar-refractivity contribution in [2.24, 2.45) is 0 Å². The molecule has 0 spiro atoms. The summed E-state index contributed by atoms with van der Waals surface area (Å²) in [6.45, 7) is 5.30. The molecule has 0 saturated carbocycles. The number of nitrogens with zero attached hydrogens (tertiary/aromatic N) is 4. The Labute approximate surface area is 139 Å². The number of carbonyl (C=O) groups is 2. The first-order valence-corrected chi connectivity index (χ1v) is 8.07. The fourth-order valence-electron chi connectivity index (χ4n) is 2.89. The molecular weight excluding hydrogens is 310 g/mol. The van der Waals surface area contributed by atoms with Gasteiger partial charge in [0.05, 0.1) is 17.8 Å². The normalized spacial score (nSPS) is 15.9. The second-order valence-corrected chi connectivity index (χ2v) is 6.40. The van der Waals surface area contributed by atoms with Crippen LogP contribution >= 0.6 is 0 Å². The van der Waals surface area contributed by atoms with Crippen LogP contribution in [0.2, 0.25) is 0 Å². The lowest BCUT2D eigenvalue weighted by molar-refractivity contribution is 0.0683. The van der Waals surface area contributed by atoms with Gasteiger partial charge in [0.15, 0.2) is 0 Å². The van der Waals surface area contributed by atoms with Crippen molar-refractivity contribution in [3.05, 3.63) is 35.4 Å². The van der Waals surface area contributed by atoms with Crippen molar-refractivity contribution in [2.45, 2.75) is 38.6 Å². The quantitative estimate of drug-likeness (QED) is 0.890.